The van der Waals surface area contributed by atoms with Crippen LogP contribution in [-0.2, 0) is 0 Å². The average Bonchev–Trinajstić information content (AvgIpc) is 2.80. The number of hydrogen-bond acceptors (Lipinski definition) is 4. The zero-order valence-corrected chi connectivity index (χ0v) is 10.1. The second-order valence-electron chi connectivity index (χ2n) is 4.75. The lowest BCUT2D eigenvalue weighted by atomic mass is 9.99. The summed E-state index contributed by atoms with van der Waals surface area (Å²) in [6.45, 7) is 4.98. The molecule has 1 saturated heterocycles. The first-order valence-corrected chi connectivity index (χ1v) is 6.17. The van der Waals surface area contributed by atoms with Crippen LogP contribution in [-0.4, -0.2) is 30.5 Å². The number of rotatable bonds is 1. The van der Waals surface area contributed by atoms with Crippen molar-refractivity contribution >= 4 is 11.6 Å². The molecule has 1 aromatic carbocycles. The van der Waals surface area contributed by atoms with E-state index in [9.17, 15) is 0 Å². The fraction of sp³-hybridized carbons (Fsp3) is 0.462. The smallest absolute Gasteiger partial charge is 0.194 e. The molecule has 3 rings (SSSR count). The standard InChI is InChI=1S/C13H18N4/c1-9-2-3-10(8-11(9)14)12-4-5-15-13-16-6-7-17(12)13/h2-3,8,12H,4-7,14H2,1H3,(H,15,16). The summed E-state index contributed by atoms with van der Waals surface area (Å²) in [5.41, 5.74) is 9.35. The van der Waals surface area contributed by atoms with Crippen LogP contribution in [0.3, 0.4) is 0 Å². The molecule has 1 atom stereocenters. The number of anilines is 1. The van der Waals surface area contributed by atoms with E-state index in [1.165, 1.54) is 5.56 Å². The predicted molar refractivity (Wildman–Crippen MR) is 70.0 cm³/mol. The number of aliphatic imine (C=N–C) groups is 1. The number of nitrogens with one attached hydrogen (secondary N) is 1. The van der Waals surface area contributed by atoms with E-state index >= 15 is 0 Å². The molecule has 0 aromatic heterocycles. The maximum absolute atomic E-state index is 6.00. The molecular weight excluding hydrogens is 212 g/mol. The van der Waals surface area contributed by atoms with Gasteiger partial charge in [0.2, 0.25) is 0 Å². The Kier molecular flexibility index (Phi) is 2.42. The Bertz CT molecular complexity index is 466. The van der Waals surface area contributed by atoms with E-state index in [-0.39, 0.29) is 0 Å². The fourth-order valence-electron chi connectivity index (χ4n) is 2.61. The van der Waals surface area contributed by atoms with E-state index < -0.39 is 0 Å². The molecule has 1 fully saturated rings. The lowest BCUT2D eigenvalue weighted by molar-refractivity contribution is 0.315. The molecule has 90 valence electrons. The Morgan fingerprint density at radius 3 is 3.18 bits per heavy atom. The third-order valence-electron chi connectivity index (χ3n) is 3.64. The van der Waals surface area contributed by atoms with Crippen molar-refractivity contribution < 1.29 is 0 Å². The molecule has 2 aliphatic heterocycles. The first-order valence-electron chi connectivity index (χ1n) is 6.17. The van der Waals surface area contributed by atoms with E-state index in [0.717, 1.165) is 43.3 Å². The number of nitrogens with two attached hydrogens (primary N) is 1. The van der Waals surface area contributed by atoms with Crippen LogP contribution in [0, 0.1) is 6.92 Å². The Balaban J connectivity index is 1.93. The lowest BCUT2D eigenvalue weighted by Gasteiger charge is -2.32. The van der Waals surface area contributed by atoms with Gasteiger partial charge >= 0.3 is 0 Å². The molecule has 3 N–H and O–H groups in total. The molecule has 4 heteroatoms. The van der Waals surface area contributed by atoms with Gasteiger partial charge in [0.25, 0.3) is 0 Å². The van der Waals surface area contributed by atoms with E-state index in [0.29, 0.717) is 6.04 Å². The van der Waals surface area contributed by atoms with Crippen molar-refractivity contribution in [3.8, 4) is 0 Å². The summed E-state index contributed by atoms with van der Waals surface area (Å²) >= 11 is 0. The van der Waals surface area contributed by atoms with Crippen LogP contribution in [0.4, 0.5) is 5.69 Å². The van der Waals surface area contributed by atoms with Gasteiger partial charge in [0.05, 0.1) is 6.04 Å². The van der Waals surface area contributed by atoms with E-state index in [1.807, 2.05) is 6.92 Å². The van der Waals surface area contributed by atoms with Crippen molar-refractivity contribution in [3.63, 3.8) is 0 Å². The number of nitrogens with zero attached hydrogens (tertiary/aromatic N) is 2. The van der Waals surface area contributed by atoms with Crippen molar-refractivity contribution in [2.75, 3.05) is 25.4 Å². The number of aryl methyl sites for hydroxylation is 1. The monoisotopic (exact) mass is 230 g/mol. The minimum absolute atomic E-state index is 0.431. The van der Waals surface area contributed by atoms with Crippen LogP contribution in [0.15, 0.2) is 23.2 Å². The van der Waals surface area contributed by atoms with Crippen LogP contribution >= 0.6 is 0 Å². The van der Waals surface area contributed by atoms with Gasteiger partial charge < -0.3 is 16.0 Å². The molecule has 0 amide bonds. The van der Waals surface area contributed by atoms with Gasteiger partial charge in [-0.3, -0.25) is 4.99 Å². The molecule has 0 bridgehead atoms. The first kappa shape index (κ1) is 10.4. The Labute approximate surface area is 102 Å². The SMILES string of the molecule is Cc1ccc(C2CCN=C3NCCN32)cc1N. The molecular formula is C13H18N4. The normalized spacial score (nSPS) is 23.0. The second kappa shape index (κ2) is 3.95. The zero-order valence-electron chi connectivity index (χ0n) is 10.1. The maximum Gasteiger partial charge on any atom is 0.194 e. The van der Waals surface area contributed by atoms with Gasteiger partial charge in [-0.25, -0.2) is 0 Å². The summed E-state index contributed by atoms with van der Waals surface area (Å²) in [5.74, 6) is 1.06. The molecule has 4 nitrogen and oxygen atoms in total. The third kappa shape index (κ3) is 1.73. The highest BCUT2D eigenvalue weighted by molar-refractivity contribution is 5.83. The third-order valence-corrected chi connectivity index (χ3v) is 3.64. The van der Waals surface area contributed by atoms with Gasteiger partial charge in [-0.2, -0.15) is 0 Å². The van der Waals surface area contributed by atoms with E-state index in [2.05, 4.69) is 33.4 Å². The summed E-state index contributed by atoms with van der Waals surface area (Å²) in [6.07, 6.45) is 1.08. The van der Waals surface area contributed by atoms with Gasteiger partial charge in [-0.1, -0.05) is 12.1 Å². The highest BCUT2D eigenvalue weighted by Gasteiger charge is 2.30. The Hall–Kier alpha value is -1.71. The van der Waals surface area contributed by atoms with Crippen molar-refractivity contribution in [2.45, 2.75) is 19.4 Å². The van der Waals surface area contributed by atoms with Crippen LogP contribution in [0.5, 0.6) is 0 Å². The highest BCUT2D eigenvalue weighted by Crippen LogP contribution is 2.30. The van der Waals surface area contributed by atoms with Crippen molar-refractivity contribution in [2.24, 2.45) is 4.99 Å². The first-order chi connectivity index (χ1) is 8.25. The Morgan fingerprint density at radius 1 is 1.47 bits per heavy atom. The number of nitrogen functional groups attached to an aromatic ring is 1. The molecule has 0 radical (unpaired) electrons. The summed E-state index contributed by atoms with van der Waals surface area (Å²) in [5, 5.41) is 3.33. The average molecular weight is 230 g/mol. The summed E-state index contributed by atoms with van der Waals surface area (Å²) in [7, 11) is 0. The zero-order chi connectivity index (χ0) is 11.8. The van der Waals surface area contributed by atoms with Gasteiger partial charge in [0.1, 0.15) is 0 Å². The highest BCUT2D eigenvalue weighted by atomic mass is 15.4. The van der Waals surface area contributed by atoms with Crippen LogP contribution in [0.2, 0.25) is 0 Å². The summed E-state index contributed by atoms with van der Waals surface area (Å²) in [6, 6.07) is 6.85. The molecule has 1 aromatic rings. The van der Waals surface area contributed by atoms with Gasteiger partial charge in [-0.15, -0.1) is 0 Å². The molecule has 2 heterocycles. The van der Waals surface area contributed by atoms with E-state index in [1.54, 1.807) is 0 Å². The predicted octanol–water partition coefficient (Wildman–Crippen LogP) is 1.28. The number of guanidine groups is 1. The van der Waals surface area contributed by atoms with Gasteiger partial charge in [0, 0.05) is 25.3 Å². The largest absolute Gasteiger partial charge is 0.399 e. The van der Waals surface area contributed by atoms with Crippen molar-refractivity contribution in [1.29, 1.82) is 0 Å². The molecule has 2 aliphatic rings. The topological polar surface area (TPSA) is 53.7 Å². The van der Waals surface area contributed by atoms with Gasteiger partial charge in [-0.05, 0) is 30.5 Å². The minimum Gasteiger partial charge on any atom is -0.399 e. The minimum atomic E-state index is 0.431. The molecule has 0 saturated carbocycles. The summed E-state index contributed by atoms with van der Waals surface area (Å²) < 4.78 is 0. The maximum atomic E-state index is 6.00. The number of hydrogen-bond donors (Lipinski definition) is 2. The summed E-state index contributed by atoms with van der Waals surface area (Å²) in [4.78, 5) is 6.86. The molecule has 1 unspecified atom stereocenters. The van der Waals surface area contributed by atoms with Gasteiger partial charge in [0.15, 0.2) is 5.96 Å². The van der Waals surface area contributed by atoms with E-state index in [4.69, 9.17) is 5.73 Å². The fourth-order valence-corrected chi connectivity index (χ4v) is 2.61. The van der Waals surface area contributed by atoms with Crippen molar-refractivity contribution in [1.82, 2.24) is 10.2 Å². The lowest BCUT2D eigenvalue weighted by Crippen LogP contribution is -2.37. The number of fused-ring (bicyclic) bond motifs is 1. The van der Waals surface area contributed by atoms with Crippen molar-refractivity contribution in [3.05, 3.63) is 29.3 Å². The quantitative estimate of drug-likeness (QED) is 0.715. The second-order valence-corrected chi connectivity index (χ2v) is 4.75. The number of benzene rings is 1. The molecule has 17 heavy (non-hydrogen) atoms. The van der Waals surface area contributed by atoms with Crippen LogP contribution in [0.25, 0.3) is 0 Å². The van der Waals surface area contributed by atoms with Crippen LogP contribution < -0.4 is 11.1 Å². The molecule has 0 spiro atoms. The Morgan fingerprint density at radius 2 is 2.35 bits per heavy atom. The molecule has 0 aliphatic carbocycles. The van der Waals surface area contributed by atoms with Crippen LogP contribution in [0.1, 0.15) is 23.6 Å².